The summed E-state index contributed by atoms with van der Waals surface area (Å²) in [6, 6.07) is 12.5. The van der Waals surface area contributed by atoms with Crippen LogP contribution in [0.5, 0.6) is 11.5 Å². The Morgan fingerprint density at radius 2 is 1.83 bits per heavy atom. The number of benzene rings is 2. The molecule has 2 rings (SSSR count). The number of ether oxygens (including phenoxy) is 2. The highest BCUT2D eigenvalue weighted by Crippen LogP contribution is 2.27. The maximum absolute atomic E-state index is 12.2. The summed E-state index contributed by atoms with van der Waals surface area (Å²) in [4.78, 5) is 12.2. The minimum atomic E-state index is -3.45. The third-order valence-electron chi connectivity index (χ3n) is 4.20. The molecule has 0 heterocycles. The zero-order valence-electron chi connectivity index (χ0n) is 16.6. The molecule has 9 heteroatoms. The summed E-state index contributed by atoms with van der Waals surface area (Å²) in [6.45, 7) is 0.569. The Kier molecular flexibility index (Phi) is 8.33. The van der Waals surface area contributed by atoms with Gasteiger partial charge in [-0.15, -0.1) is 0 Å². The largest absolute Gasteiger partial charge is 0.493 e. The lowest BCUT2D eigenvalue weighted by molar-refractivity contribution is -0.121. The van der Waals surface area contributed by atoms with Crippen molar-refractivity contribution in [1.29, 1.82) is 0 Å². The molecule has 158 valence electrons. The lowest BCUT2D eigenvalue weighted by Crippen LogP contribution is -2.32. The highest BCUT2D eigenvalue weighted by molar-refractivity contribution is 9.10. The minimum absolute atomic E-state index is 0.150. The summed E-state index contributed by atoms with van der Waals surface area (Å²) in [5, 5.41) is 2.84. The van der Waals surface area contributed by atoms with Gasteiger partial charge in [-0.25, -0.2) is 8.42 Å². The van der Waals surface area contributed by atoms with E-state index in [0.717, 1.165) is 16.3 Å². The Bertz CT molecular complexity index is 950. The molecule has 2 aromatic carbocycles. The van der Waals surface area contributed by atoms with Crippen molar-refractivity contribution in [3.8, 4) is 11.5 Å². The van der Waals surface area contributed by atoms with Crippen LogP contribution in [0.15, 0.2) is 46.9 Å². The third kappa shape index (κ3) is 6.93. The van der Waals surface area contributed by atoms with Crippen LogP contribution in [0.1, 0.15) is 18.4 Å². The second-order valence-corrected chi connectivity index (χ2v) is 9.21. The van der Waals surface area contributed by atoms with Crippen molar-refractivity contribution in [3.05, 3.63) is 52.5 Å². The van der Waals surface area contributed by atoms with Crippen LogP contribution < -0.4 is 19.1 Å². The van der Waals surface area contributed by atoms with E-state index in [-0.39, 0.29) is 18.9 Å². The van der Waals surface area contributed by atoms with Crippen LogP contribution in [0.4, 0.5) is 5.69 Å². The molecule has 1 N–H and O–H groups in total. The van der Waals surface area contributed by atoms with Crippen molar-refractivity contribution < 1.29 is 22.7 Å². The average Bonchev–Trinajstić information content (AvgIpc) is 2.68. The second kappa shape index (κ2) is 10.5. The van der Waals surface area contributed by atoms with Gasteiger partial charge in [-0.05, 0) is 42.3 Å². The fourth-order valence-corrected chi connectivity index (χ4v) is 4.12. The normalized spacial score (nSPS) is 11.0. The van der Waals surface area contributed by atoms with E-state index >= 15 is 0 Å². The van der Waals surface area contributed by atoms with E-state index in [1.54, 1.807) is 44.6 Å². The SMILES string of the molecule is COc1ccc(CNC(=O)CCCN(c2cccc(Br)c2)S(C)(=O)=O)cc1OC. The zero-order chi connectivity index (χ0) is 21.4. The number of carbonyl (C=O) groups excluding carboxylic acids is 1. The number of carbonyl (C=O) groups is 1. The van der Waals surface area contributed by atoms with Gasteiger partial charge in [0.1, 0.15) is 0 Å². The van der Waals surface area contributed by atoms with Crippen LogP contribution in [-0.4, -0.2) is 41.3 Å². The standard InChI is InChI=1S/C20H25BrN2O5S/c1-27-18-10-9-15(12-19(18)28-2)14-22-20(24)8-5-11-23(29(3,25)26)17-7-4-6-16(21)13-17/h4,6-7,9-10,12-13H,5,8,11,14H2,1-3H3,(H,22,24). The summed E-state index contributed by atoms with van der Waals surface area (Å²) in [7, 11) is -0.330. The molecule has 0 atom stereocenters. The highest BCUT2D eigenvalue weighted by Gasteiger charge is 2.17. The Balaban J connectivity index is 1.89. The average molecular weight is 485 g/mol. The van der Waals surface area contributed by atoms with Crippen molar-refractivity contribution in [3.63, 3.8) is 0 Å². The number of halogens is 1. The summed E-state index contributed by atoms with van der Waals surface area (Å²) in [5.74, 6) is 1.07. The van der Waals surface area contributed by atoms with E-state index in [2.05, 4.69) is 21.2 Å². The molecule has 0 fully saturated rings. The first kappa shape index (κ1) is 23.0. The van der Waals surface area contributed by atoms with Crippen LogP contribution >= 0.6 is 15.9 Å². The molecule has 0 spiro atoms. The van der Waals surface area contributed by atoms with Gasteiger partial charge in [0.25, 0.3) is 0 Å². The summed E-state index contributed by atoms with van der Waals surface area (Å²) >= 11 is 3.35. The number of hydrogen-bond acceptors (Lipinski definition) is 5. The second-order valence-electron chi connectivity index (χ2n) is 6.38. The van der Waals surface area contributed by atoms with Crippen LogP contribution in [0.2, 0.25) is 0 Å². The molecule has 29 heavy (non-hydrogen) atoms. The monoisotopic (exact) mass is 484 g/mol. The topological polar surface area (TPSA) is 84.9 Å². The maximum Gasteiger partial charge on any atom is 0.232 e. The first-order valence-corrected chi connectivity index (χ1v) is 11.6. The van der Waals surface area contributed by atoms with Gasteiger partial charge in [0.15, 0.2) is 11.5 Å². The van der Waals surface area contributed by atoms with Crippen LogP contribution in [0.25, 0.3) is 0 Å². The number of rotatable bonds is 10. The minimum Gasteiger partial charge on any atom is -0.493 e. The molecule has 0 saturated carbocycles. The van der Waals surface area contributed by atoms with Gasteiger partial charge in [0.05, 0.1) is 26.2 Å². The highest BCUT2D eigenvalue weighted by atomic mass is 79.9. The summed E-state index contributed by atoms with van der Waals surface area (Å²) in [6.07, 6.45) is 1.77. The Hall–Kier alpha value is -2.26. The molecule has 0 unspecified atom stereocenters. The number of nitrogens with one attached hydrogen (secondary N) is 1. The molecule has 1 amide bonds. The van der Waals surface area contributed by atoms with E-state index in [1.165, 1.54) is 4.31 Å². The molecule has 0 aliphatic carbocycles. The first-order chi connectivity index (χ1) is 13.7. The molecule has 0 radical (unpaired) electrons. The third-order valence-corrected chi connectivity index (χ3v) is 5.89. The number of sulfonamides is 1. The van der Waals surface area contributed by atoms with Gasteiger partial charge >= 0.3 is 0 Å². The molecular formula is C20H25BrN2O5S. The number of methoxy groups -OCH3 is 2. The van der Waals surface area contributed by atoms with E-state index in [0.29, 0.717) is 30.2 Å². The maximum atomic E-state index is 12.2. The number of hydrogen-bond donors (Lipinski definition) is 1. The molecule has 0 bridgehead atoms. The quantitative estimate of drug-likeness (QED) is 0.558. The Morgan fingerprint density at radius 3 is 2.45 bits per heavy atom. The molecule has 0 aliphatic heterocycles. The van der Waals surface area contributed by atoms with Gasteiger partial charge in [-0.3, -0.25) is 9.10 Å². The lowest BCUT2D eigenvalue weighted by atomic mass is 10.2. The van der Waals surface area contributed by atoms with Gasteiger partial charge in [0.2, 0.25) is 15.9 Å². The van der Waals surface area contributed by atoms with E-state index in [9.17, 15) is 13.2 Å². The summed E-state index contributed by atoms with van der Waals surface area (Å²) < 4.78 is 36.8. The van der Waals surface area contributed by atoms with Gasteiger partial charge in [0, 0.05) is 24.0 Å². The van der Waals surface area contributed by atoms with E-state index in [1.807, 2.05) is 12.1 Å². The van der Waals surface area contributed by atoms with Crippen molar-refractivity contribution in [2.24, 2.45) is 0 Å². The molecular weight excluding hydrogens is 460 g/mol. The zero-order valence-corrected chi connectivity index (χ0v) is 19.0. The molecule has 7 nitrogen and oxygen atoms in total. The molecule has 0 aromatic heterocycles. The van der Waals surface area contributed by atoms with Gasteiger partial charge in [-0.1, -0.05) is 28.1 Å². The fourth-order valence-electron chi connectivity index (χ4n) is 2.78. The van der Waals surface area contributed by atoms with Gasteiger partial charge < -0.3 is 14.8 Å². The van der Waals surface area contributed by atoms with Crippen LogP contribution in [0, 0.1) is 0 Å². The van der Waals surface area contributed by atoms with Crippen LogP contribution in [-0.2, 0) is 21.4 Å². The molecule has 0 saturated heterocycles. The Labute approximate surface area is 180 Å². The Morgan fingerprint density at radius 1 is 1.10 bits per heavy atom. The lowest BCUT2D eigenvalue weighted by Gasteiger charge is -2.22. The number of nitrogens with zero attached hydrogens (tertiary/aromatic N) is 1. The predicted octanol–water partition coefficient (Wildman–Crippen LogP) is 3.33. The van der Waals surface area contributed by atoms with Gasteiger partial charge in [-0.2, -0.15) is 0 Å². The molecule has 0 aliphatic rings. The van der Waals surface area contributed by atoms with Crippen molar-refractivity contribution in [1.82, 2.24) is 5.32 Å². The number of anilines is 1. The smallest absolute Gasteiger partial charge is 0.232 e. The van der Waals surface area contributed by atoms with Crippen LogP contribution in [0.3, 0.4) is 0 Å². The van der Waals surface area contributed by atoms with Crippen molar-refractivity contribution >= 4 is 37.5 Å². The van der Waals surface area contributed by atoms with Crippen molar-refractivity contribution in [2.45, 2.75) is 19.4 Å². The van der Waals surface area contributed by atoms with E-state index < -0.39 is 10.0 Å². The number of amides is 1. The van der Waals surface area contributed by atoms with E-state index in [4.69, 9.17) is 9.47 Å². The summed E-state index contributed by atoms with van der Waals surface area (Å²) in [5.41, 5.74) is 1.44. The first-order valence-electron chi connectivity index (χ1n) is 8.95. The fraction of sp³-hybridized carbons (Fsp3) is 0.350. The predicted molar refractivity (Wildman–Crippen MR) is 117 cm³/mol. The molecule has 2 aromatic rings. The van der Waals surface area contributed by atoms with Crippen molar-refractivity contribution in [2.75, 3.05) is 31.3 Å².